The highest BCUT2D eigenvalue weighted by Crippen LogP contribution is 2.36. The summed E-state index contributed by atoms with van der Waals surface area (Å²) in [6, 6.07) is 7.46. The first kappa shape index (κ1) is 28.2. The number of aromatic nitrogens is 2. The van der Waals surface area contributed by atoms with Crippen molar-refractivity contribution in [2.24, 2.45) is 11.7 Å². The molecule has 3 N–H and O–H groups in total. The van der Waals surface area contributed by atoms with Gasteiger partial charge in [-0.25, -0.2) is 9.78 Å². The number of primary amides is 1. The first-order valence-electron chi connectivity index (χ1n) is 12.7. The second kappa shape index (κ2) is 13.3. The van der Waals surface area contributed by atoms with E-state index in [9.17, 15) is 14.7 Å². The van der Waals surface area contributed by atoms with E-state index in [0.29, 0.717) is 29.4 Å². The zero-order valence-electron chi connectivity index (χ0n) is 22.1. The number of methoxy groups -OCH3 is 2. The average molecular weight is 528 g/mol. The lowest BCUT2D eigenvalue weighted by Crippen LogP contribution is -2.16. The van der Waals surface area contributed by atoms with Gasteiger partial charge in [-0.3, -0.25) is 4.79 Å². The molecular weight excluding hydrogens is 490 g/mol. The monoisotopic (exact) mass is 527 g/mol. The summed E-state index contributed by atoms with van der Waals surface area (Å²) in [6.45, 7) is 4.66. The van der Waals surface area contributed by atoms with Gasteiger partial charge in [0.05, 0.1) is 31.2 Å². The van der Waals surface area contributed by atoms with Crippen LogP contribution in [0.4, 0.5) is 0 Å². The van der Waals surface area contributed by atoms with Crippen LogP contribution in [0.3, 0.4) is 0 Å². The maximum Gasteiger partial charge on any atom is 0.337 e. The number of nitrogens with zero attached hydrogens (tertiary/aromatic N) is 2. The minimum atomic E-state index is -0.894. The summed E-state index contributed by atoms with van der Waals surface area (Å²) >= 11 is 1.53. The van der Waals surface area contributed by atoms with Crippen LogP contribution in [0.1, 0.15) is 67.9 Å². The van der Waals surface area contributed by atoms with Crippen LogP contribution in [-0.2, 0) is 11.3 Å². The number of nitrogens with two attached hydrogens (primary N) is 1. The van der Waals surface area contributed by atoms with Crippen LogP contribution in [0.25, 0.3) is 22.0 Å². The second-order valence-electron chi connectivity index (χ2n) is 9.30. The molecule has 0 aliphatic heterocycles. The van der Waals surface area contributed by atoms with Gasteiger partial charge >= 0.3 is 5.97 Å². The third-order valence-electron chi connectivity index (χ3n) is 6.62. The van der Waals surface area contributed by atoms with E-state index >= 15 is 0 Å². The normalized spacial score (nSPS) is 13.5. The number of hydrogen-bond donors (Lipinski definition) is 2. The highest BCUT2D eigenvalue weighted by Gasteiger charge is 2.23. The van der Waals surface area contributed by atoms with Crippen molar-refractivity contribution in [2.75, 3.05) is 14.2 Å². The third kappa shape index (κ3) is 7.35. The molecule has 4 rings (SSSR count). The highest BCUT2D eigenvalue weighted by atomic mass is 32.1. The molecule has 0 saturated heterocycles. The number of amides is 1. The summed E-state index contributed by atoms with van der Waals surface area (Å²) < 4.78 is 12.9. The minimum absolute atomic E-state index is 0.211. The first-order chi connectivity index (χ1) is 17.8. The number of carboxylic acids is 1. The number of hydrogen-bond acceptors (Lipinski definition) is 6. The lowest BCUT2D eigenvalue weighted by molar-refractivity contribution is -0.118. The van der Waals surface area contributed by atoms with Gasteiger partial charge in [0.25, 0.3) is 0 Å². The summed E-state index contributed by atoms with van der Waals surface area (Å²) in [5, 5.41) is 12.5. The molecule has 9 heteroatoms. The maximum absolute atomic E-state index is 11.8. The van der Waals surface area contributed by atoms with Crippen LogP contribution in [0, 0.1) is 12.8 Å². The fourth-order valence-corrected chi connectivity index (χ4v) is 5.44. The van der Waals surface area contributed by atoms with Crippen molar-refractivity contribution in [2.45, 2.75) is 65.3 Å². The number of carbonyl (C=O) groups is 2. The lowest BCUT2D eigenvalue weighted by atomic mass is 9.89. The number of carbonyl (C=O) groups excluding carboxylic acids is 1. The first-order valence-corrected chi connectivity index (χ1v) is 13.6. The van der Waals surface area contributed by atoms with E-state index in [-0.39, 0.29) is 5.91 Å². The van der Waals surface area contributed by atoms with Gasteiger partial charge < -0.3 is 24.9 Å². The SMILES string of the molecule is CCCC(N)=O.COc1cc(OC)cc(-c2nc(-c3cc(C(=O)O)c(C)n3CC3CCCCC3)cs2)c1. The molecule has 1 aliphatic carbocycles. The van der Waals surface area contributed by atoms with Crippen molar-refractivity contribution >= 4 is 23.2 Å². The molecule has 3 aromatic rings. The second-order valence-corrected chi connectivity index (χ2v) is 10.2. The molecule has 1 saturated carbocycles. The van der Waals surface area contributed by atoms with E-state index in [1.165, 1.54) is 43.4 Å². The quantitative estimate of drug-likeness (QED) is 0.344. The molecular formula is C28H37N3O5S. The Balaban J connectivity index is 0.000000568. The molecule has 37 heavy (non-hydrogen) atoms. The molecule has 0 spiro atoms. The van der Waals surface area contributed by atoms with Crippen molar-refractivity contribution in [1.82, 2.24) is 9.55 Å². The fourth-order valence-electron chi connectivity index (χ4n) is 4.64. The van der Waals surface area contributed by atoms with Gasteiger partial charge in [0.2, 0.25) is 5.91 Å². The molecule has 2 aromatic heterocycles. The van der Waals surface area contributed by atoms with Gasteiger partial charge in [-0.1, -0.05) is 26.2 Å². The predicted octanol–water partition coefficient (Wildman–Crippen LogP) is 6.15. The fraction of sp³-hybridized carbons (Fsp3) is 0.464. The summed E-state index contributed by atoms with van der Waals surface area (Å²) in [7, 11) is 3.25. The van der Waals surface area contributed by atoms with Crippen molar-refractivity contribution in [1.29, 1.82) is 0 Å². The number of thiazole rings is 1. The Bertz CT molecular complexity index is 1190. The molecule has 2 heterocycles. The van der Waals surface area contributed by atoms with Crippen molar-refractivity contribution in [3.8, 4) is 33.5 Å². The maximum atomic E-state index is 11.8. The van der Waals surface area contributed by atoms with Crippen LogP contribution in [0.5, 0.6) is 11.5 Å². The molecule has 0 atom stereocenters. The van der Waals surface area contributed by atoms with E-state index < -0.39 is 5.97 Å². The van der Waals surface area contributed by atoms with Gasteiger partial charge in [0.1, 0.15) is 16.5 Å². The number of benzene rings is 1. The standard InChI is InChI=1S/C24H28N2O4S.C4H9NO/c1-15-20(24(27)28)12-22(26(15)13-16-7-5-4-6-8-16)21-14-31-23(25-21)17-9-18(29-2)11-19(10-17)30-3;1-2-3-4(5)6/h9-12,14,16H,4-8,13H2,1-3H3,(H,27,28);2-3H2,1H3,(H2,5,6). The molecule has 1 amide bonds. The van der Waals surface area contributed by atoms with Gasteiger partial charge in [-0.15, -0.1) is 11.3 Å². The topological polar surface area (TPSA) is 117 Å². The van der Waals surface area contributed by atoms with Crippen LogP contribution in [0.2, 0.25) is 0 Å². The highest BCUT2D eigenvalue weighted by molar-refractivity contribution is 7.13. The summed E-state index contributed by atoms with van der Waals surface area (Å²) in [4.78, 5) is 26.5. The largest absolute Gasteiger partial charge is 0.497 e. The summed E-state index contributed by atoms with van der Waals surface area (Å²) in [5.41, 5.74) is 8.49. The number of rotatable bonds is 9. The number of aromatic carboxylic acids is 1. The molecule has 0 bridgehead atoms. The summed E-state index contributed by atoms with van der Waals surface area (Å²) in [5.74, 6) is 0.888. The van der Waals surface area contributed by atoms with Crippen molar-refractivity contribution in [3.05, 3.63) is 40.9 Å². The van der Waals surface area contributed by atoms with Crippen LogP contribution in [0.15, 0.2) is 29.6 Å². The Kier molecular flexibility index (Phi) is 10.1. The van der Waals surface area contributed by atoms with Gasteiger partial charge in [-0.05, 0) is 50.3 Å². The van der Waals surface area contributed by atoms with E-state index in [1.807, 2.05) is 37.4 Å². The predicted molar refractivity (Wildman–Crippen MR) is 146 cm³/mol. The Morgan fingerprint density at radius 2 is 1.76 bits per heavy atom. The van der Waals surface area contributed by atoms with Gasteiger partial charge in [-0.2, -0.15) is 0 Å². The van der Waals surface area contributed by atoms with Crippen molar-refractivity contribution < 1.29 is 24.2 Å². The van der Waals surface area contributed by atoms with Crippen LogP contribution >= 0.6 is 11.3 Å². The molecule has 200 valence electrons. The average Bonchev–Trinajstić information content (AvgIpc) is 3.50. The third-order valence-corrected chi connectivity index (χ3v) is 7.52. The molecule has 0 radical (unpaired) electrons. The van der Waals surface area contributed by atoms with E-state index in [2.05, 4.69) is 4.57 Å². The molecule has 1 aliphatic rings. The van der Waals surface area contributed by atoms with E-state index in [4.69, 9.17) is 20.2 Å². The van der Waals surface area contributed by atoms with E-state index in [1.54, 1.807) is 20.3 Å². The molecule has 1 fully saturated rings. The Morgan fingerprint density at radius 1 is 1.11 bits per heavy atom. The smallest absolute Gasteiger partial charge is 0.337 e. The Hall–Kier alpha value is -3.33. The van der Waals surface area contributed by atoms with Gasteiger partial charge in [0, 0.05) is 35.7 Å². The zero-order chi connectivity index (χ0) is 26.9. The molecule has 1 aromatic carbocycles. The Morgan fingerprint density at radius 3 is 2.27 bits per heavy atom. The number of carboxylic acid groups (broad SMARTS) is 1. The molecule has 0 unspecified atom stereocenters. The Labute approximate surface area is 222 Å². The van der Waals surface area contributed by atoms with Gasteiger partial charge in [0.15, 0.2) is 0 Å². The van der Waals surface area contributed by atoms with E-state index in [0.717, 1.165) is 40.6 Å². The van der Waals surface area contributed by atoms with Crippen molar-refractivity contribution in [3.63, 3.8) is 0 Å². The minimum Gasteiger partial charge on any atom is -0.497 e. The molecule has 8 nitrogen and oxygen atoms in total. The zero-order valence-corrected chi connectivity index (χ0v) is 22.9. The summed E-state index contributed by atoms with van der Waals surface area (Å²) in [6.07, 6.45) is 7.58. The number of ether oxygens (including phenoxy) is 2. The van der Waals surface area contributed by atoms with Crippen LogP contribution in [-0.4, -0.2) is 40.8 Å². The van der Waals surface area contributed by atoms with Crippen LogP contribution < -0.4 is 15.2 Å². The lowest BCUT2D eigenvalue weighted by Gasteiger charge is -2.24.